The van der Waals surface area contributed by atoms with Gasteiger partial charge in [0.15, 0.2) is 0 Å². The van der Waals surface area contributed by atoms with Crippen molar-refractivity contribution in [2.75, 3.05) is 7.05 Å². The van der Waals surface area contributed by atoms with Gasteiger partial charge in [-0.2, -0.15) is 8.42 Å². The van der Waals surface area contributed by atoms with Crippen molar-refractivity contribution >= 4 is 19.9 Å². The second kappa shape index (κ2) is 4.97. The second-order valence-electron chi connectivity index (χ2n) is 2.09. The van der Waals surface area contributed by atoms with Crippen LogP contribution >= 0.6 is 10.8 Å². The standard InChI is InChI=1S/C5H13NO3S2/c1-3-4-5(6-2)10-11(7,8)9/h5-6H,3-4H2,1-2H3,(H,7,8,9). The molecule has 0 aromatic rings. The number of hydrogen-bond donors (Lipinski definition) is 2. The van der Waals surface area contributed by atoms with Gasteiger partial charge >= 0.3 is 9.15 Å². The second-order valence-corrected chi connectivity index (χ2v) is 5.55. The number of rotatable bonds is 5. The number of nitrogens with one attached hydrogen (secondary N) is 1. The molecule has 68 valence electrons. The lowest BCUT2D eigenvalue weighted by molar-refractivity contribution is 0.502. The van der Waals surface area contributed by atoms with Crippen molar-refractivity contribution in [3.63, 3.8) is 0 Å². The van der Waals surface area contributed by atoms with E-state index in [0.29, 0.717) is 10.8 Å². The maximum Gasteiger partial charge on any atom is 0.321 e. The van der Waals surface area contributed by atoms with Crippen LogP contribution in [0.25, 0.3) is 0 Å². The van der Waals surface area contributed by atoms with Crippen LogP contribution in [-0.4, -0.2) is 25.4 Å². The molecule has 0 aromatic carbocycles. The van der Waals surface area contributed by atoms with Crippen molar-refractivity contribution in [3.8, 4) is 0 Å². The highest BCUT2D eigenvalue weighted by atomic mass is 33.1. The van der Waals surface area contributed by atoms with E-state index in [1.54, 1.807) is 7.05 Å². The third-order valence-corrected chi connectivity index (χ3v) is 3.48. The van der Waals surface area contributed by atoms with Crippen LogP contribution in [0.1, 0.15) is 19.8 Å². The van der Waals surface area contributed by atoms with Crippen LogP contribution in [-0.2, 0) is 9.15 Å². The van der Waals surface area contributed by atoms with Crippen molar-refractivity contribution in [1.82, 2.24) is 5.32 Å². The summed E-state index contributed by atoms with van der Waals surface area (Å²) in [4.78, 5) is 0. The fourth-order valence-electron chi connectivity index (χ4n) is 0.650. The normalized spacial score (nSPS) is 14.8. The molecule has 0 heterocycles. The van der Waals surface area contributed by atoms with E-state index in [9.17, 15) is 8.42 Å². The molecule has 0 aliphatic heterocycles. The summed E-state index contributed by atoms with van der Waals surface area (Å²) >= 11 is 0. The Morgan fingerprint density at radius 3 is 2.45 bits per heavy atom. The molecule has 0 saturated carbocycles. The molecular formula is C5H13NO3S2. The molecule has 4 nitrogen and oxygen atoms in total. The molecule has 0 spiro atoms. The first-order valence-electron chi connectivity index (χ1n) is 3.32. The van der Waals surface area contributed by atoms with Crippen molar-refractivity contribution in [1.29, 1.82) is 0 Å². The van der Waals surface area contributed by atoms with E-state index in [1.165, 1.54) is 0 Å². The Morgan fingerprint density at radius 2 is 2.18 bits per heavy atom. The highest BCUT2D eigenvalue weighted by Crippen LogP contribution is 2.18. The van der Waals surface area contributed by atoms with Gasteiger partial charge in [0.2, 0.25) is 0 Å². The van der Waals surface area contributed by atoms with Gasteiger partial charge in [-0.3, -0.25) is 4.55 Å². The summed E-state index contributed by atoms with van der Waals surface area (Å²) in [5, 5.41) is 2.57. The van der Waals surface area contributed by atoms with Crippen molar-refractivity contribution in [2.45, 2.75) is 25.1 Å². The summed E-state index contributed by atoms with van der Waals surface area (Å²) in [7, 11) is -1.70. The topological polar surface area (TPSA) is 66.4 Å². The van der Waals surface area contributed by atoms with E-state index < -0.39 is 9.15 Å². The maximum absolute atomic E-state index is 10.4. The molecule has 0 fully saturated rings. The molecule has 0 amide bonds. The Kier molecular flexibility index (Phi) is 5.07. The Hall–Kier alpha value is 0.220. The van der Waals surface area contributed by atoms with Crippen LogP contribution in [0.5, 0.6) is 0 Å². The van der Waals surface area contributed by atoms with Crippen LogP contribution in [0, 0.1) is 0 Å². The van der Waals surface area contributed by atoms with Gasteiger partial charge in [0.1, 0.15) is 0 Å². The molecule has 11 heavy (non-hydrogen) atoms. The summed E-state index contributed by atoms with van der Waals surface area (Å²) in [6, 6.07) is 0. The molecular weight excluding hydrogens is 186 g/mol. The molecule has 0 bridgehead atoms. The highest BCUT2D eigenvalue weighted by molar-refractivity contribution is 8.70. The van der Waals surface area contributed by atoms with Gasteiger partial charge in [-0.1, -0.05) is 13.3 Å². The first kappa shape index (κ1) is 11.2. The summed E-state index contributed by atoms with van der Waals surface area (Å²) in [5.74, 6) is 0. The summed E-state index contributed by atoms with van der Waals surface area (Å²) < 4.78 is 29.1. The van der Waals surface area contributed by atoms with Gasteiger partial charge in [-0.25, -0.2) is 0 Å². The first-order valence-corrected chi connectivity index (χ1v) is 6.16. The molecule has 0 aliphatic carbocycles. The van der Waals surface area contributed by atoms with Crippen molar-refractivity contribution in [2.24, 2.45) is 0 Å². The van der Waals surface area contributed by atoms with E-state index in [0.717, 1.165) is 12.8 Å². The van der Waals surface area contributed by atoms with E-state index >= 15 is 0 Å². The lowest BCUT2D eigenvalue weighted by Gasteiger charge is -2.10. The van der Waals surface area contributed by atoms with Gasteiger partial charge in [-0.15, -0.1) is 0 Å². The zero-order valence-corrected chi connectivity index (χ0v) is 8.20. The first-order chi connectivity index (χ1) is 4.99. The zero-order valence-electron chi connectivity index (χ0n) is 6.57. The third-order valence-electron chi connectivity index (χ3n) is 1.11. The molecule has 0 aromatic heterocycles. The molecule has 0 saturated heterocycles. The summed E-state index contributed by atoms with van der Waals surface area (Å²) in [5.41, 5.74) is 0. The summed E-state index contributed by atoms with van der Waals surface area (Å²) in [6.07, 6.45) is 1.61. The SMILES string of the molecule is CCCC(NC)SS(=O)(=O)O. The van der Waals surface area contributed by atoms with Crippen LogP contribution in [0.2, 0.25) is 0 Å². The Balaban J connectivity index is 3.88. The minimum atomic E-state index is -3.90. The largest absolute Gasteiger partial charge is 0.321 e. The minimum absolute atomic E-state index is 0.213. The Morgan fingerprint density at radius 1 is 1.64 bits per heavy atom. The van der Waals surface area contributed by atoms with E-state index in [-0.39, 0.29) is 5.37 Å². The number of hydrogen-bond acceptors (Lipinski definition) is 4. The van der Waals surface area contributed by atoms with Gasteiger partial charge in [0.05, 0.1) is 5.37 Å². The Bertz CT molecular complexity index is 190. The van der Waals surface area contributed by atoms with Crippen LogP contribution in [0.15, 0.2) is 0 Å². The zero-order chi connectivity index (χ0) is 8.91. The third kappa shape index (κ3) is 6.61. The fourth-order valence-corrected chi connectivity index (χ4v) is 2.83. The molecule has 0 rings (SSSR count). The molecule has 6 heteroatoms. The van der Waals surface area contributed by atoms with Crippen LogP contribution in [0.4, 0.5) is 0 Å². The maximum atomic E-state index is 10.4. The quantitative estimate of drug-likeness (QED) is 0.391. The molecule has 1 atom stereocenters. The van der Waals surface area contributed by atoms with E-state index in [2.05, 4.69) is 5.32 Å². The average molecular weight is 199 g/mol. The Labute approximate surface area is 70.9 Å². The van der Waals surface area contributed by atoms with Gasteiger partial charge in [0, 0.05) is 10.8 Å². The van der Waals surface area contributed by atoms with Crippen molar-refractivity contribution < 1.29 is 13.0 Å². The van der Waals surface area contributed by atoms with Crippen LogP contribution < -0.4 is 5.32 Å². The van der Waals surface area contributed by atoms with Crippen LogP contribution in [0.3, 0.4) is 0 Å². The van der Waals surface area contributed by atoms with E-state index in [1.807, 2.05) is 6.92 Å². The molecule has 0 radical (unpaired) electrons. The minimum Gasteiger partial charge on any atom is -0.307 e. The predicted octanol–water partition coefficient (Wildman–Crippen LogP) is 0.868. The predicted molar refractivity (Wildman–Crippen MR) is 46.9 cm³/mol. The fraction of sp³-hybridized carbons (Fsp3) is 1.00. The smallest absolute Gasteiger partial charge is 0.307 e. The molecule has 0 aliphatic rings. The van der Waals surface area contributed by atoms with Gasteiger partial charge in [-0.05, 0) is 13.5 Å². The lowest BCUT2D eigenvalue weighted by Crippen LogP contribution is -2.22. The van der Waals surface area contributed by atoms with E-state index in [4.69, 9.17) is 4.55 Å². The molecule has 2 N–H and O–H groups in total. The van der Waals surface area contributed by atoms with Gasteiger partial charge in [0.25, 0.3) is 0 Å². The highest BCUT2D eigenvalue weighted by Gasteiger charge is 2.14. The van der Waals surface area contributed by atoms with Crippen molar-refractivity contribution in [3.05, 3.63) is 0 Å². The lowest BCUT2D eigenvalue weighted by atomic mass is 10.3. The average Bonchev–Trinajstić information content (AvgIpc) is 1.84. The summed E-state index contributed by atoms with van der Waals surface area (Å²) in [6.45, 7) is 1.95. The van der Waals surface area contributed by atoms with Gasteiger partial charge < -0.3 is 5.32 Å². The molecule has 1 unspecified atom stereocenters. The monoisotopic (exact) mass is 199 g/mol.